The van der Waals surface area contributed by atoms with Crippen LogP contribution in [0.1, 0.15) is 34.7 Å². The Balaban J connectivity index is 2.01. The van der Waals surface area contributed by atoms with Crippen molar-refractivity contribution >= 4 is 5.97 Å². The highest BCUT2D eigenvalue weighted by Gasteiger charge is 2.49. The maximum atomic E-state index is 10.8. The van der Waals surface area contributed by atoms with Crippen LogP contribution in [0.5, 0.6) is 0 Å². The molecule has 3 rings (SSSR count). The topological polar surface area (TPSA) is 63.3 Å². The molecular weight excluding hydrogens is 218 g/mol. The van der Waals surface area contributed by atoms with E-state index in [0.29, 0.717) is 5.76 Å². The van der Waals surface area contributed by atoms with E-state index in [4.69, 9.17) is 9.63 Å². The van der Waals surface area contributed by atoms with Gasteiger partial charge in [-0.05, 0) is 18.4 Å². The van der Waals surface area contributed by atoms with Gasteiger partial charge in [-0.15, -0.1) is 0 Å². The van der Waals surface area contributed by atoms with Crippen LogP contribution in [0.2, 0.25) is 0 Å². The minimum absolute atomic E-state index is 0.0257. The van der Waals surface area contributed by atoms with E-state index in [1.165, 1.54) is 6.07 Å². The Hall–Kier alpha value is -2.10. The minimum atomic E-state index is -1.05. The zero-order valence-electron chi connectivity index (χ0n) is 9.09. The maximum Gasteiger partial charge on any atom is 0.358 e. The highest BCUT2D eigenvalue weighted by atomic mass is 16.5. The summed E-state index contributed by atoms with van der Waals surface area (Å²) in [6.45, 7) is 0. The van der Waals surface area contributed by atoms with Crippen LogP contribution in [-0.2, 0) is 5.41 Å². The molecule has 1 heterocycles. The summed E-state index contributed by atoms with van der Waals surface area (Å²) in [5.74, 6) is -0.398. The Morgan fingerprint density at radius 2 is 2.00 bits per heavy atom. The summed E-state index contributed by atoms with van der Waals surface area (Å²) >= 11 is 0. The Bertz CT molecular complexity index is 555. The molecule has 0 atom stereocenters. The van der Waals surface area contributed by atoms with Crippen LogP contribution in [0.15, 0.2) is 40.9 Å². The summed E-state index contributed by atoms with van der Waals surface area (Å²) in [6.07, 6.45) is 1.95. The van der Waals surface area contributed by atoms with Crippen LogP contribution in [0, 0.1) is 0 Å². The van der Waals surface area contributed by atoms with Gasteiger partial charge in [-0.1, -0.05) is 35.5 Å². The lowest BCUT2D eigenvalue weighted by Gasteiger charge is -2.10. The zero-order valence-corrected chi connectivity index (χ0v) is 9.09. The van der Waals surface area contributed by atoms with E-state index in [-0.39, 0.29) is 11.1 Å². The van der Waals surface area contributed by atoms with Crippen molar-refractivity contribution in [2.45, 2.75) is 18.3 Å². The third-order valence-electron chi connectivity index (χ3n) is 3.28. The van der Waals surface area contributed by atoms with Crippen molar-refractivity contribution in [3.05, 3.63) is 53.4 Å². The first-order chi connectivity index (χ1) is 8.22. The molecule has 0 bridgehead atoms. The molecular formula is C13H11NO3. The van der Waals surface area contributed by atoms with Gasteiger partial charge in [0.2, 0.25) is 0 Å². The van der Waals surface area contributed by atoms with E-state index in [2.05, 4.69) is 5.16 Å². The predicted molar refractivity (Wildman–Crippen MR) is 59.9 cm³/mol. The van der Waals surface area contributed by atoms with Crippen LogP contribution in [-0.4, -0.2) is 16.2 Å². The van der Waals surface area contributed by atoms with Gasteiger partial charge in [-0.25, -0.2) is 4.79 Å². The fraction of sp³-hybridized carbons (Fsp3) is 0.231. The van der Waals surface area contributed by atoms with E-state index in [9.17, 15) is 4.79 Å². The number of nitrogens with zero attached hydrogens (tertiary/aromatic N) is 1. The van der Waals surface area contributed by atoms with Crippen LogP contribution in [0.25, 0.3) is 0 Å². The van der Waals surface area contributed by atoms with Gasteiger partial charge in [-0.3, -0.25) is 0 Å². The molecule has 0 radical (unpaired) electrons. The molecule has 0 aliphatic heterocycles. The maximum absolute atomic E-state index is 10.8. The number of hydrogen-bond donors (Lipinski definition) is 1. The smallest absolute Gasteiger partial charge is 0.358 e. The molecule has 1 aromatic carbocycles. The molecule has 1 aliphatic rings. The standard InChI is InChI=1S/C13H11NO3/c15-12(16)10-8-11(17-14-10)13(6-7-13)9-4-2-1-3-5-9/h1-5,8H,6-7H2,(H,15,16). The highest BCUT2D eigenvalue weighted by molar-refractivity contribution is 5.85. The first-order valence-corrected chi connectivity index (χ1v) is 5.48. The van der Waals surface area contributed by atoms with Crippen molar-refractivity contribution in [3.63, 3.8) is 0 Å². The molecule has 1 aromatic heterocycles. The second-order valence-electron chi connectivity index (χ2n) is 4.33. The molecule has 1 fully saturated rings. The molecule has 0 saturated heterocycles. The van der Waals surface area contributed by atoms with Gasteiger partial charge in [0.15, 0.2) is 5.69 Å². The van der Waals surface area contributed by atoms with Crippen molar-refractivity contribution in [2.75, 3.05) is 0 Å². The number of benzene rings is 1. The van der Waals surface area contributed by atoms with Crippen molar-refractivity contribution in [3.8, 4) is 0 Å². The average molecular weight is 229 g/mol. The molecule has 17 heavy (non-hydrogen) atoms. The Morgan fingerprint density at radius 1 is 1.29 bits per heavy atom. The van der Waals surface area contributed by atoms with Crippen LogP contribution >= 0.6 is 0 Å². The first-order valence-electron chi connectivity index (χ1n) is 5.48. The number of aromatic nitrogens is 1. The van der Waals surface area contributed by atoms with Crippen molar-refractivity contribution in [2.24, 2.45) is 0 Å². The molecule has 4 heteroatoms. The Labute approximate surface area is 97.9 Å². The molecule has 0 unspecified atom stereocenters. The lowest BCUT2D eigenvalue weighted by atomic mass is 9.93. The van der Waals surface area contributed by atoms with E-state index in [1.54, 1.807) is 0 Å². The third kappa shape index (κ3) is 1.53. The SMILES string of the molecule is O=C(O)c1cc(C2(c3ccccc3)CC2)on1. The Kier molecular flexibility index (Phi) is 2.04. The molecule has 4 nitrogen and oxygen atoms in total. The fourth-order valence-corrected chi connectivity index (χ4v) is 2.16. The van der Waals surface area contributed by atoms with E-state index in [0.717, 1.165) is 18.4 Å². The van der Waals surface area contributed by atoms with Gasteiger partial charge >= 0.3 is 5.97 Å². The number of carboxylic acids is 1. The number of hydrogen-bond acceptors (Lipinski definition) is 3. The monoisotopic (exact) mass is 229 g/mol. The molecule has 1 N–H and O–H groups in total. The molecule has 1 aliphatic carbocycles. The number of aromatic carboxylic acids is 1. The molecule has 2 aromatic rings. The van der Waals surface area contributed by atoms with Crippen LogP contribution < -0.4 is 0 Å². The number of carboxylic acid groups (broad SMARTS) is 1. The average Bonchev–Trinajstić information content (AvgIpc) is 3.00. The third-order valence-corrected chi connectivity index (χ3v) is 3.28. The largest absolute Gasteiger partial charge is 0.476 e. The molecule has 86 valence electrons. The van der Waals surface area contributed by atoms with E-state index < -0.39 is 5.97 Å². The van der Waals surface area contributed by atoms with E-state index in [1.807, 2.05) is 30.3 Å². The van der Waals surface area contributed by atoms with Gasteiger partial charge in [0, 0.05) is 6.07 Å². The quantitative estimate of drug-likeness (QED) is 0.878. The van der Waals surface area contributed by atoms with Crippen LogP contribution in [0.4, 0.5) is 0 Å². The van der Waals surface area contributed by atoms with Gasteiger partial charge in [0.05, 0.1) is 5.41 Å². The molecule has 1 saturated carbocycles. The summed E-state index contributed by atoms with van der Waals surface area (Å²) in [5, 5.41) is 12.4. The summed E-state index contributed by atoms with van der Waals surface area (Å²) in [5.41, 5.74) is 0.984. The molecule has 0 spiro atoms. The normalized spacial score (nSPS) is 16.7. The predicted octanol–water partition coefficient (Wildman–Crippen LogP) is 2.45. The minimum Gasteiger partial charge on any atom is -0.476 e. The van der Waals surface area contributed by atoms with Gasteiger partial charge < -0.3 is 9.63 Å². The number of rotatable bonds is 3. The fourth-order valence-electron chi connectivity index (χ4n) is 2.16. The highest BCUT2D eigenvalue weighted by Crippen LogP contribution is 2.53. The van der Waals surface area contributed by atoms with Gasteiger partial charge in [0.1, 0.15) is 5.76 Å². The molecule has 0 amide bonds. The summed E-state index contributed by atoms with van der Waals surface area (Å²) < 4.78 is 5.18. The second kappa shape index (κ2) is 3.45. The lowest BCUT2D eigenvalue weighted by Crippen LogP contribution is -2.07. The van der Waals surface area contributed by atoms with Gasteiger partial charge in [-0.2, -0.15) is 0 Å². The first kappa shape index (κ1) is 10.1. The summed E-state index contributed by atoms with van der Waals surface area (Å²) in [7, 11) is 0. The summed E-state index contributed by atoms with van der Waals surface area (Å²) in [6, 6.07) is 11.5. The van der Waals surface area contributed by atoms with Gasteiger partial charge in [0.25, 0.3) is 0 Å². The van der Waals surface area contributed by atoms with Crippen molar-refractivity contribution in [1.82, 2.24) is 5.16 Å². The zero-order chi connectivity index (χ0) is 11.9. The van der Waals surface area contributed by atoms with Crippen molar-refractivity contribution < 1.29 is 14.4 Å². The number of carbonyl (C=O) groups is 1. The van der Waals surface area contributed by atoms with E-state index >= 15 is 0 Å². The Morgan fingerprint density at radius 3 is 2.53 bits per heavy atom. The second-order valence-corrected chi connectivity index (χ2v) is 4.33. The summed E-state index contributed by atoms with van der Waals surface area (Å²) in [4.78, 5) is 10.8. The lowest BCUT2D eigenvalue weighted by molar-refractivity contribution is 0.0685. The van der Waals surface area contributed by atoms with Crippen molar-refractivity contribution in [1.29, 1.82) is 0 Å². The van der Waals surface area contributed by atoms with Crippen LogP contribution in [0.3, 0.4) is 0 Å².